The Morgan fingerprint density at radius 2 is 2.10 bits per heavy atom. The summed E-state index contributed by atoms with van der Waals surface area (Å²) in [5.74, 6) is -0.990. The summed E-state index contributed by atoms with van der Waals surface area (Å²) in [6, 6.07) is 4.44. The van der Waals surface area contributed by atoms with Crippen molar-refractivity contribution in [3.05, 3.63) is 28.8 Å². The molecule has 108 valence electrons. The number of hydrogen-bond donors (Lipinski definition) is 1. The van der Waals surface area contributed by atoms with Gasteiger partial charge in [-0.25, -0.2) is 0 Å². The van der Waals surface area contributed by atoms with Crippen LogP contribution in [0.25, 0.3) is 0 Å². The molecule has 0 bridgehead atoms. The van der Waals surface area contributed by atoms with Gasteiger partial charge in [0.15, 0.2) is 0 Å². The summed E-state index contributed by atoms with van der Waals surface area (Å²) in [4.78, 5) is 11.4. The maximum Gasteiger partial charge on any atom is 0.387 e. The summed E-state index contributed by atoms with van der Waals surface area (Å²) in [7, 11) is 0. The fraction of sp³-hybridized carbons (Fsp3) is 0.385. The first-order chi connectivity index (χ1) is 9.53. The highest BCUT2D eigenvalue weighted by molar-refractivity contribution is 5.74. The van der Waals surface area contributed by atoms with Gasteiger partial charge in [0.05, 0.1) is 25.2 Å². The number of benzene rings is 1. The Morgan fingerprint density at radius 1 is 1.45 bits per heavy atom. The predicted molar refractivity (Wildman–Crippen MR) is 64.0 cm³/mol. The quantitative estimate of drug-likeness (QED) is 0.806. The molecule has 1 aromatic rings. The van der Waals surface area contributed by atoms with E-state index in [0.29, 0.717) is 0 Å². The van der Waals surface area contributed by atoms with E-state index in [1.165, 1.54) is 12.1 Å². The number of nitrogens with zero attached hydrogens (tertiary/aromatic N) is 1. The molecule has 1 N–H and O–H groups in total. The molecular weight excluding hydrogens is 272 g/mol. The molecule has 7 heteroatoms. The molecule has 20 heavy (non-hydrogen) atoms. The van der Waals surface area contributed by atoms with Gasteiger partial charge in [0, 0.05) is 5.56 Å². The normalized spacial score (nSPS) is 10.2. The number of aliphatic hydroxyl groups excluding tert-OH is 1. The van der Waals surface area contributed by atoms with Crippen LogP contribution in [0, 0.1) is 11.3 Å². The van der Waals surface area contributed by atoms with Gasteiger partial charge in [0.2, 0.25) is 0 Å². The maximum atomic E-state index is 12.4. The van der Waals surface area contributed by atoms with Crippen molar-refractivity contribution in [1.29, 1.82) is 5.26 Å². The van der Waals surface area contributed by atoms with Crippen molar-refractivity contribution in [3.63, 3.8) is 0 Å². The second-order valence-electron chi connectivity index (χ2n) is 3.72. The first kappa shape index (κ1) is 15.9. The standard InChI is InChI=1S/C13H13F2NO4/c1-2-19-11(18)5-8-3-4-9(7-17)12(10(8)6-16)20-13(14)15/h3-4,13,17H,2,5,7H2,1H3. The number of hydrogen-bond acceptors (Lipinski definition) is 5. The van der Waals surface area contributed by atoms with E-state index in [2.05, 4.69) is 4.74 Å². The highest BCUT2D eigenvalue weighted by Gasteiger charge is 2.19. The number of halogens is 2. The molecule has 0 saturated heterocycles. The van der Waals surface area contributed by atoms with Crippen molar-refractivity contribution < 1.29 is 28.2 Å². The van der Waals surface area contributed by atoms with E-state index < -0.39 is 24.9 Å². The van der Waals surface area contributed by atoms with E-state index in [9.17, 15) is 13.6 Å². The summed E-state index contributed by atoms with van der Waals surface area (Å²) in [6.45, 7) is -1.89. The summed E-state index contributed by atoms with van der Waals surface area (Å²) < 4.78 is 33.7. The van der Waals surface area contributed by atoms with Crippen LogP contribution in [0.15, 0.2) is 12.1 Å². The molecule has 0 unspecified atom stereocenters. The van der Waals surface area contributed by atoms with Crippen LogP contribution in [0.4, 0.5) is 8.78 Å². The van der Waals surface area contributed by atoms with Gasteiger partial charge in [0.25, 0.3) is 0 Å². The van der Waals surface area contributed by atoms with Crippen molar-refractivity contribution in [2.45, 2.75) is 26.6 Å². The minimum absolute atomic E-state index is 0.0504. The highest BCUT2D eigenvalue weighted by Crippen LogP contribution is 2.29. The molecular formula is C13H13F2NO4. The summed E-state index contributed by atoms with van der Waals surface area (Å²) in [5, 5.41) is 18.1. The number of carbonyl (C=O) groups is 1. The lowest BCUT2D eigenvalue weighted by Gasteiger charge is -2.13. The lowest BCUT2D eigenvalue weighted by molar-refractivity contribution is -0.142. The number of nitriles is 1. The summed E-state index contributed by atoms with van der Waals surface area (Å²) in [6.07, 6.45) is -0.234. The van der Waals surface area contributed by atoms with Gasteiger partial charge in [-0.3, -0.25) is 4.79 Å². The van der Waals surface area contributed by atoms with Gasteiger partial charge >= 0.3 is 12.6 Å². The van der Waals surface area contributed by atoms with Crippen molar-refractivity contribution in [3.8, 4) is 11.8 Å². The zero-order valence-electron chi connectivity index (χ0n) is 10.7. The SMILES string of the molecule is CCOC(=O)Cc1ccc(CO)c(OC(F)F)c1C#N. The minimum atomic E-state index is -3.13. The fourth-order valence-corrected chi connectivity index (χ4v) is 1.65. The molecule has 0 radical (unpaired) electrons. The van der Waals surface area contributed by atoms with Gasteiger partial charge in [-0.05, 0) is 12.5 Å². The Balaban J connectivity index is 3.20. The second-order valence-corrected chi connectivity index (χ2v) is 3.72. The number of ether oxygens (including phenoxy) is 2. The smallest absolute Gasteiger partial charge is 0.387 e. The van der Waals surface area contributed by atoms with Crippen LogP contribution < -0.4 is 4.74 Å². The number of carbonyl (C=O) groups excluding carboxylic acids is 1. The van der Waals surface area contributed by atoms with E-state index in [-0.39, 0.29) is 29.7 Å². The van der Waals surface area contributed by atoms with Crippen LogP contribution in [0.2, 0.25) is 0 Å². The maximum absolute atomic E-state index is 12.4. The zero-order valence-corrected chi connectivity index (χ0v) is 10.7. The van der Waals surface area contributed by atoms with Gasteiger partial charge < -0.3 is 14.6 Å². The molecule has 0 heterocycles. The average molecular weight is 285 g/mol. The molecule has 0 aliphatic rings. The van der Waals surface area contributed by atoms with E-state index in [1.807, 2.05) is 0 Å². The third-order valence-corrected chi connectivity index (χ3v) is 2.45. The van der Waals surface area contributed by atoms with Gasteiger partial charge in [-0.2, -0.15) is 14.0 Å². The molecule has 0 spiro atoms. The van der Waals surface area contributed by atoms with E-state index in [0.717, 1.165) is 0 Å². The first-order valence-electron chi connectivity index (χ1n) is 5.79. The molecule has 0 aromatic heterocycles. The van der Waals surface area contributed by atoms with Crippen molar-refractivity contribution in [2.75, 3.05) is 6.61 Å². The van der Waals surface area contributed by atoms with Crippen molar-refractivity contribution >= 4 is 5.97 Å². The van der Waals surface area contributed by atoms with E-state index >= 15 is 0 Å². The molecule has 1 aromatic carbocycles. The number of rotatable bonds is 6. The van der Waals surface area contributed by atoms with Crippen molar-refractivity contribution in [2.24, 2.45) is 0 Å². The number of esters is 1. The summed E-state index contributed by atoms with van der Waals surface area (Å²) >= 11 is 0. The van der Waals surface area contributed by atoms with Crippen LogP contribution in [0.3, 0.4) is 0 Å². The van der Waals surface area contributed by atoms with Crippen LogP contribution in [-0.4, -0.2) is 24.3 Å². The number of aliphatic hydroxyl groups is 1. The van der Waals surface area contributed by atoms with Crippen LogP contribution in [0.5, 0.6) is 5.75 Å². The van der Waals surface area contributed by atoms with Crippen LogP contribution in [0.1, 0.15) is 23.6 Å². The summed E-state index contributed by atoms with van der Waals surface area (Å²) in [5.41, 5.74) is 0.0539. The fourth-order valence-electron chi connectivity index (χ4n) is 1.65. The molecule has 0 aliphatic heterocycles. The Morgan fingerprint density at radius 3 is 2.60 bits per heavy atom. The van der Waals surface area contributed by atoms with Crippen LogP contribution >= 0.6 is 0 Å². The van der Waals surface area contributed by atoms with Gasteiger partial charge in [-0.15, -0.1) is 0 Å². The Labute approximate surface area is 114 Å². The predicted octanol–water partition coefficient (Wildman–Crippen LogP) is 1.76. The molecule has 5 nitrogen and oxygen atoms in total. The Bertz CT molecular complexity index is 526. The Kier molecular flexibility index (Phi) is 5.87. The van der Waals surface area contributed by atoms with E-state index in [1.54, 1.807) is 13.0 Å². The lowest BCUT2D eigenvalue weighted by atomic mass is 10.0. The van der Waals surface area contributed by atoms with Crippen molar-refractivity contribution in [1.82, 2.24) is 0 Å². The molecule has 0 aliphatic carbocycles. The van der Waals surface area contributed by atoms with Crippen LogP contribution in [-0.2, 0) is 22.6 Å². The van der Waals surface area contributed by atoms with Gasteiger partial charge in [-0.1, -0.05) is 12.1 Å². The topological polar surface area (TPSA) is 79.6 Å². The molecule has 0 fully saturated rings. The van der Waals surface area contributed by atoms with E-state index in [4.69, 9.17) is 15.1 Å². The van der Waals surface area contributed by atoms with Gasteiger partial charge in [0.1, 0.15) is 11.8 Å². The zero-order chi connectivity index (χ0) is 15.1. The first-order valence-corrected chi connectivity index (χ1v) is 5.79. The monoisotopic (exact) mass is 285 g/mol. The second kappa shape index (κ2) is 7.40. The molecule has 0 atom stereocenters. The largest absolute Gasteiger partial charge is 0.466 e. The third kappa shape index (κ3) is 3.90. The number of alkyl halides is 2. The molecule has 1 rings (SSSR count). The minimum Gasteiger partial charge on any atom is -0.466 e. The molecule has 0 saturated carbocycles. The highest BCUT2D eigenvalue weighted by atomic mass is 19.3. The lowest BCUT2D eigenvalue weighted by Crippen LogP contribution is -2.12. The third-order valence-electron chi connectivity index (χ3n) is 2.45. The average Bonchev–Trinajstić information content (AvgIpc) is 2.39. The Hall–Kier alpha value is -2.20. The molecule has 0 amide bonds.